The van der Waals surface area contributed by atoms with Crippen LogP contribution in [-0.2, 0) is 4.79 Å². The Morgan fingerprint density at radius 1 is 1.06 bits per heavy atom. The van der Waals surface area contributed by atoms with E-state index in [-0.39, 0.29) is 17.9 Å². The Kier molecular flexibility index (Phi) is 10.1. The van der Waals surface area contributed by atoms with Gasteiger partial charge in [-0.1, -0.05) is 30.2 Å². The molecule has 0 spiro atoms. The summed E-state index contributed by atoms with van der Waals surface area (Å²) in [4.78, 5) is 37.2. The maximum atomic E-state index is 12.5. The van der Waals surface area contributed by atoms with Gasteiger partial charge in [-0.15, -0.1) is 0 Å². The standard InChI is InChI=1S/C22H30N6O.C14H14N2O2/c1-27(17-7-8-17)12-3-6-19(29)28-13-10-16(14-28)24-22-20-18(15-4-2-5-15)9-11-23-21(20)25-26-22;1-10-3-5-11(6-4-10)14(17)16-13-9-12(18-2)7-8-15-13/h3,6,9,11,15-17H,2,4-5,7-8,10,12-14H2,1H3,(H2,23,24,25,26);3-9H,1-2H3,(H,15,16,17)/b6-3+;. The van der Waals surface area contributed by atoms with E-state index >= 15 is 0 Å². The van der Waals surface area contributed by atoms with E-state index in [2.05, 4.69) is 48.8 Å². The molecule has 3 N–H and O–H groups in total. The Bertz CT molecular complexity index is 1710. The topological polar surface area (TPSA) is 128 Å². The number of ether oxygens (including phenoxy) is 1. The average Bonchev–Trinajstić information content (AvgIpc) is 3.67. The van der Waals surface area contributed by atoms with Crippen LogP contribution in [0.2, 0.25) is 0 Å². The fourth-order valence-corrected chi connectivity index (χ4v) is 6.00. The van der Waals surface area contributed by atoms with Gasteiger partial charge in [0.05, 0.1) is 12.5 Å². The summed E-state index contributed by atoms with van der Waals surface area (Å²) in [6, 6.07) is 13.8. The molecule has 4 aromatic rings. The number of H-pyrrole nitrogens is 1. The van der Waals surface area contributed by atoms with Crippen molar-refractivity contribution in [2.24, 2.45) is 0 Å². The van der Waals surface area contributed by atoms with Crippen molar-refractivity contribution in [3.05, 3.63) is 83.7 Å². The number of hydrogen-bond donors (Lipinski definition) is 3. The number of benzene rings is 1. The second kappa shape index (κ2) is 14.8. The summed E-state index contributed by atoms with van der Waals surface area (Å²) < 4.78 is 5.07. The molecule has 246 valence electrons. The summed E-state index contributed by atoms with van der Waals surface area (Å²) in [5.74, 6) is 2.57. The Labute approximate surface area is 275 Å². The van der Waals surface area contributed by atoms with Crippen LogP contribution in [0.15, 0.2) is 67.0 Å². The molecule has 7 rings (SSSR count). The number of rotatable bonds is 10. The van der Waals surface area contributed by atoms with Crippen molar-refractivity contribution >= 4 is 34.5 Å². The molecule has 11 heteroatoms. The average molecular weight is 637 g/mol. The summed E-state index contributed by atoms with van der Waals surface area (Å²) in [6.45, 7) is 4.33. The van der Waals surface area contributed by atoms with Gasteiger partial charge in [-0.05, 0) is 81.8 Å². The maximum Gasteiger partial charge on any atom is 0.256 e. The van der Waals surface area contributed by atoms with Crippen LogP contribution in [0.25, 0.3) is 11.0 Å². The normalized spacial score (nSPS) is 17.8. The molecule has 3 fully saturated rings. The Balaban J connectivity index is 0.000000185. The van der Waals surface area contributed by atoms with Crippen LogP contribution in [0.1, 0.15) is 65.9 Å². The zero-order chi connectivity index (χ0) is 32.8. The number of nitrogens with one attached hydrogen (secondary N) is 3. The highest BCUT2D eigenvalue weighted by Crippen LogP contribution is 2.41. The molecule has 3 aromatic heterocycles. The highest BCUT2D eigenvalue weighted by molar-refractivity contribution is 6.03. The van der Waals surface area contributed by atoms with E-state index in [9.17, 15) is 9.59 Å². The van der Waals surface area contributed by atoms with Crippen molar-refractivity contribution < 1.29 is 14.3 Å². The quantitative estimate of drug-likeness (QED) is 0.194. The number of nitrogens with zero attached hydrogens (tertiary/aromatic N) is 5. The van der Waals surface area contributed by atoms with Gasteiger partial charge in [0.15, 0.2) is 11.5 Å². The molecule has 1 atom stereocenters. The number of amides is 2. The number of aromatic nitrogens is 4. The molecule has 1 unspecified atom stereocenters. The van der Waals surface area contributed by atoms with E-state index in [0.717, 1.165) is 54.5 Å². The minimum atomic E-state index is -0.184. The zero-order valence-electron chi connectivity index (χ0n) is 27.4. The van der Waals surface area contributed by atoms with Gasteiger partial charge in [0.2, 0.25) is 5.91 Å². The molecule has 47 heavy (non-hydrogen) atoms. The summed E-state index contributed by atoms with van der Waals surface area (Å²) in [5, 5.41) is 15.0. The molecule has 0 bridgehead atoms. The molecule has 2 aliphatic carbocycles. The molecular formula is C36H44N8O3. The van der Waals surface area contributed by atoms with Crippen molar-refractivity contribution in [2.45, 2.75) is 63.5 Å². The number of hydrogen-bond acceptors (Lipinski definition) is 8. The Morgan fingerprint density at radius 2 is 1.85 bits per heavy atom. The number of likely N-dealkylation sites (tertiary alicyclic amines) is 1. The lowest BCUT2D eigenvalue weighted by Crippen LogP contribution is -2.30. The van der Waals surface area contributed by atoms with Crippen LogP contribution < -0.4 is 15.4 Å². The van der Waals surface area contributed by atoms with Crippen LogP contribution in [-0.4, -0.2) is 87.7 Å². The van der Waals surface area contributed by atoms with E-state index in [1.54, 1.807) is 43.6 Å². The SMILES string of the molecule is CN(C/C=C/C(=O)N1CCC(Nc2n[nH]c3nccc(C4CCC4)c23)C1)C1CC1.COc1ccnc(NC(=O)c2ccc(C)cc2)c1. The number of likely N-dealkylation sites (N-methyl/N-ethyl adjacent to an activating group) is 1. The largest absolute Gasteiger partial charge is 0.497 e. The first-order chi connectivity index (χ1) is 22.9. The first kappa shape index (κ1) is 32.2. The number of aryl methyl sites for hydroxylation is 1. The summed E-state index contributed by atoms with van der Waals surface area (Å²) in [7, 11) is 3.70. The zero-order valence-corrected chi connectivity index (χ0v) is 27.4. The molecule has 1 aliphatic heterocycles. The van der Waals surface area contributed by atoms with Crippen molar-refractivity contribution in [3.8, 4) is 5.75 Å². The highest BCUT2D eigenvalue weighted by atomic mass is 16.5. The van der Waals surface area contributed by atoms with Crippen LogP contribution in [0.4, 0.5) is 11.6 Å². The third-order valence-electron chi connectivity index (χ3n) is 9.23. The smallest absolute Gasteiger partial charge is 0.256 e. The van der Waals surface area contributed by atoms with Crippen LogP contribution >= 0.6 is 0 Å². The minimum Gasteiger partial charge on any atom is -0.497 e. The van der Waals surface area contributed by atoms with E-state index < -0.39 is 0 Å². The predicted octanol–water partition coefficient (Wildman–Crippen LogP) is 5.54. The van der Waals surface area contributed by atoms with Crippen LogP contribution in [0, 0.1) is 6.92 Å². The fourth-order valence-electron chi connectivity index (χ4n) is 6.00. The molecule has 1 saturated heterocycles. The van der Waals surface area contributed by atoms with Gasteiger partial charge in [0, 0.05) is 61.8 Å². The van der Waals surface area contributed by atoms with Gasteiger partial charge in [-0.3, -0.25) is 19.6 Å². The number of methoxy groups -OCH3 is 1. The van der Waals surface area contributed by atoms with Crippen molar-refractivity contribution in [1.29, 1.82) is 0 Å². The number of pyridine rings is 2. The summed E-state index contributed by atoms with van der Waals surface area (Å²) >= 11 is 0. The predicted molar refractivity (Wildman–Crippen MR) is 184 cm³/mol. The Morgan fingerprint density at radius 3 is 2.57 bits per heavy atom. The van der Waals surface area contributed by atoms with Crippen LogP contribution in [0.3, 0.4) is 0 Å². The van der Waals surface area contributed by atoms with Crippen molar-refractivity contribution in [3.63, 3.8) is 0 Å². The molecule has 11 nitrogen and oxygen atoms in total. The monoisotopic (exact) mass is 636 g/mol. The molecule has 4 heterocycles. The third kappa shape index (κ3) is 8.15. The minimum absolute atomic E-state index is 0.113. The lowest BCUT2D eigenvalue weighted by Gasteiger charge is -2.26. The van der Waals surface area contributed by atoms with E-state index in [1.165, 1.54) is 37.7 Å². The van der Waals surface area contributed by atoms with E-state index in [4.69, 9.17) is 4.74 Å². The number of carbonyl (C=O) groups excluding carboxylic acids is 2. The number of carbonyl (C=O) groups is 2. The first-order valence-electron chi connectivity index (χ1n) is 16.5. The lowest BCUT2D eigenvalue weighted by atomic mass is 9.79. The maximum absolute atomic E-state index is 12.5. The van der Waals surface area contributed by atoms with E-state index in [0.29, 0.717) is 23.0 Å². The Hall–Kier alpha value is -4.77. The first-order valence-corrected chi connectivity index (χ1v) is 16.5. The van der Waals surface area contributed by atoms with E-state index in [1.807, 2.05) is 36.2 Å². The van der Waals surface area contributed by atoms with Gasteiger partial charge in [-0.25, -0.2) is 9.97 Å². The van der Waals surface area contributed by atoms with Gasteiger partial charge >= 0.3 is 0 Å². The molecule has 3 aliphatic rings. The van der Waals surface area contributed by atoms with Gasteiger partial charge in [-0.2, -0.15) is 5.10 Å². The second-order valence-electron chi connectivity index (χ2n) is 12.7. The molecular weight excluding hydrogens is 592 g/mol. The number of anilines is 2. The molecule has 0 radical (unpaired) electrons. The van der Waals surface area contributed by atoms with Crippen LogP contribution in [0.5, 0.6) is 5.75 Å². The van der Waals surface area contributed by atoms with Crippen molar-refractivity contribution in [1.82, 2.24) is 30.0 Å². The second-order valence-corrected chi connectivity index (χ2v) is 12.7. The summed E-state index contributed by atoms with van der Waals surface area (Å²) in [5.41, 5.74) is 3.92. The number of aromatic amines is 1. The lowest BCUT2D eigenvalue weighted by molar-refractivity contribution is -0.125. The summed E-state index contributed by atoms with van der Waals surface area (Å²) in [6.07, 6.45) is 14.5. The molecule has 2 amide bonds. The van der Waals surface area contributed by atoms with Gasteiger partial charge in [0.1, 0.15) is 11.6 Å². The number of fused-ring (bicyclic) bond motifs is 1. The third-order valence-corrected chi connectivity index (χ3v) is 9.23. The van der Waals surface area contributed by atoms with Gasteiger partial charge < -0.3 is 20.3 Å². The highest BCUT2D eigenvalue weighted by Gasteiger charge is 2.29. The van der Waals surface area contributed by atoms with Gasteiger partial charge in [0.25, 0.3) is 5.91 Å². The molecule has 1 aromatic carbocycles. The molecule has 2 saturated carbocycles. The van der Waals surface area contributed by atoms with Crippen molar-refractivity contribution in [2.75, 3.05) is 44.4 Å². The fraction of sp³-hybridized carbons (Fsp3) is 0.417.